The molecular weight excluding hydrogens is 264 g/mol. The Morgan fingerprint density at radius 1 is 1.29 bits per heavy atom. The summed E-state index contributed by atoms with van der Waals surface area (Å²) in [5.41, 5.74) is 7.02. The van der Waals surface area contributed by atoms with Crippen LogP contribution in [0, 0.1) is 5.92 Å². The van der Waals surface area contributed by atoms with Gasteiger partial charge in [0.1, 0.15) is 5.75 Å². The Bertz CT molecular complexity index is 503. The maximum atomic E-state index is 12.5. The third-order valence-corrected chi connectivity index (χ3v) is 4.66. The number of carbonyl (C=O) groups is 1. The number of amides is 1. The van der Waals surface area contributed by atoms with Gasteiger partial charge >= 0.3 is 0 Å². The molecule has 4 nitrogen and oxygen atoms in total. The number of para-hydroxylation sites is 1. The first-order chi connectivity index (χ1) is 10.2. The monoisotopic (exact) mass is 288 g/mol. The quantitative estimate of drug-likeness (QED) is 0.896. The summed E-state index contributed by atoms with van der Waals surface area (Å²) in [5.74, 6) is 1.44. The van der Waals surface area contributed by atoms with Gasteiger partial charge in [-0.05, 0) is 37.7 Å². The van der Waals surface area contributed by atoms with Gasteiger partial charge < -0.3 is 15.8 Å². The van der Waals surface area contributed by atoms with E-state index in [1.807, 2.05) is 24.3 Å². The van der Waals surface area contributed by atoms with E-state index in [9.17, 15) is 4.79 Å². The van der Waals surface area contributed by atoms with E-state index in [4.69, 9.17) is 10.5 Å². The Kier molecular flexibility index (Phi) is 4.44. The van der Waals surface area contributed by atoms with Gasteiger partial charge in [-0.15, -0.1) is 0 Å². The van der Waals surface area contributed by atoms with Crippen molar-refractivity contribution in [1.29, 1.82) is 0 Å². The van der Waals surface area contributed by atoms with E-state index in [-0.39, 0.29) is 11.8 Å². The summed E-state index contributed by atoms with van der Waals surface area (Å²) in [5, 5.41) is 3.13. The van der Waals surface area contributed by atoms with Crippen molar-refractivity contribution in [3.8, 4) is 5.75 Å². The molecule has 1 aliphatic carbocycles. The predicted molar refractivity (Wildman–Crippen MR) is 82.2 cm³/mol. The zero-order valence-corrected chi connectivity index (χ0v) is 12.4. The molecule has 1 amide bonds. The minimum Gasteiger partial charge on any atom is -0.493 e. The van der Waals surface area contributed by atoms with Crippen LogP contribution in [-0.4, -0.2) is 25.1 Å². The molecule has 1 aromatic carbocycles. The van der Waals surface area contributed by atoms with Crippen molar-refractivity contribution in [2.24, 2.45) is 11.7 Å². The molecule has 0 aromatic heterocycles. The highest BCUT2D eigenvalue weighted by Crippen LogP contribution is 2.33. The summed E-state index contributed by atoms with van der Waals surface area (Å²) in [6.45, 7) is 1.37. The fourth-order valence-electron chi connectivity index (χ4n) is 3.50. The van der Waals surface area contributed by atoms with Gasteiger partial charge in [0.25, 0.3) is 0 Å². The molecule has 0 radical (unpaired) electrons. The van der Waals surface area contributed by atoms with Crippen molar-refractivity contribution in [2.75, 3.05) is 13.2 Å². The summed E-state index contributed by atoms with van der Waals surface area (Å²) in [7, 11) is 0. The van der Waals surface area contributed by atoms with Crippen molar-refractivity contribution in [3.63, 3.8) is 0 Å². The SMILES string of the molecule is NC1CCCC(CNC(=O)C2CCOc3ccccc32)C1. The highest BCUT2D eigenvalue weighted by molar-refractivity contribution is 5.84. The second kappa shape index (κ2) is 6.48. The van der Waals surface area contributed by atoms with E-state index in [2.05, 4.69) is 5.32 Å². The molecule has 1 saturated carbocycles. The van der Waals surface area contributed by atoms with Crippen LogP contribution in [0.4, 0.5) is 0 Å². The van der Waals surface area contributed by atoms with Gasteiger partial charge in [-0.3, -0.25) is 4.79 Å². The van der Waals surface area contributed by atoms with Crippen LogP contribution < -0.4 is 15.8 Å². The molecule has 1 aromatic rings. The third kappa shape index (κ3) is 3.38. The predicted octanol–water partition coefficient (Wildman–Crippen LogP) is 2.19. The number of benzene rings is 1. The largest absolute Gasteiger partial charge is 0.493 e. The molecular formula is C17H24N2O2. The van der Waals surface area contributed by atoms with Crippen molar-refractivity contribution >= 4 is 5.91 Å². The van der Waals surface area contributed by atoms with E-state index in [0.717, 1.165) is 37.1 Å². The van der Waals surface area contributed by atoms with E-state index in [0.29, 0.717) is 18.6 Å². The van der Waals surface area contributed by atoms with Crippen LogP contribution in [0.1, 0.15) is 43.6 Å². The topological polar surface area (TPSA) is 64.3 Å². The average molecular weight is 288 g/mol. The zero-order valence-electron chi connectivity index (χ0n) is 12.4. The van der Waals surface area contributed by atoms with Crippen molar-refractivity contribution in [1.82, 2.24) is 5.32 Å². The molecule has 1 aliphatic heterocycles. The van der Waals surface area contributed by atoms with Crippen LogP contribution in [-0.2, 0) is 4.79 Å². The molecule has 4 heteroatoms. The Hall–Kier alpha value is -1.55. The molecule has 21 heavy (non-hydrogen) atoms. The lowest BCUT2D eigenvalue weighted by molar-refractivity contribution is -0.123. The fraction of sp³-hybridized carbons (Fsp3) is 0.588. The third-order valence-electron chi connectivity index (χ3n) is 4.66. The lowest BCUT2D eigenvalue weighted by atomic mass is 9.86. The van der Waals surface area contributed by atoms with E-state index in [1.165, 1.54) is 12.8 Å². The molecule has 0 bridgehead atoms. The number of rotatable bonds is 3. The number of nitrogens with one attached hydrogen (secondary N) is 1. The lowest BCUT2D eigenvalue weighted by Gasteiger charge is -2.29. The van der Waals surface area contributed by atoms with Gasteiger partial charge in [0.15, 0.2) is 0 Å². The minimum atomic E-state index is -0.0767. The molecule has 0 saturated heterocycles. The second-order valence-electron chi connectivity index (χ2n) is 6.27. The highest BCUT2D eigenvalue weighted by atomic mass is 16.5. The minimum absolute atomic E-state index is 0.0767. The molecule has 3 N–H and O–H groups in total. The highest BCUT2D eigenvalue weighted by Gasteiger charge is 2.28. The van der Waals surface area contributed by atoms with Gasteiger partial charge in [0.2, 0.25) is 5.91 Å². The fourth-order valence-corrected chi connectivity index (χ4v) is 3.50. The van der Waals surface area contributed by atoms with Crippen molar-refractivity contribution < 1.29 is 9.53 Å². The Morgan fingerprint density at radius 2 is 2.14 bits per heavy atom. The number of fused-ring (bicyclic) bond motifs is 1. The van der Waals surface area contributed by atoms with Crippen LogP contribution in [0.3, 0.4) is 0 Å². The summed E-state index contributed by atoms with van der Waals surface area (Å²) >= 11 is 0. The zero-order chi connectivity index (χ0) is 14.7. The summed E-state index contributed by atoms with van der Waals surface area (Å²) < 4.78 is 5.62. The first-order valence-electron chi connectivity index (χ1n) is 7.99. The van der Waals surface area contributed by atoms with Gasteiger partial charge in [0.05, 0.1) is 12.5 Å². The standard InChI is InChI=1S/C17H24N2O2/c18-13-5-3-4-12(10-13)11-19-17(20)15-8-9-21-16-7-2-1-6-14(15)16/h1-2,6-7,12-13,15H,3-5,8-11,18H2,(H,19,20). The number of hydrogen-bond acceptors (Lipinski definition) is 3. The molecule has 2 aliphatic rings. The summed E-state index contributed by atoms with van der Waals surface area (Å²) in [6.07, 6.45) is 5.27. The second-order valence-corrected chi connectivity index (χ2v) is 6.27. The van der Waals surface area contributed by atoms with Crippen LogP contribution in [0.2, 0.25) is 0 Å². The Balaban J connectivity index is 1.59. The molecule has 3 rings (SSSR count). The normalized spacial score (nSPS) is 28.3. The van der Waals surface area contributed by atoms with Crippen LogP contribution in [0.15, 0.2) is 24.3 Å². The maximum absolute atomic E-state index is 12.5. The smallest absolute Gasteiger partial charge is 0.227 e. The lowest BCUT2D eigenvalue weighted by Crippen LogP contribution is -2.38. The van der Waals surface area contributed by atoms with Crippen LogP contribution in [0.5, 0.6) is 5.75 Å². The van der Waals surface area contributed by atoms with Crippen molar-refractivity contribution in [2.45, 2.75) is 44.1 Å². The molecule has 114 valence electrons. The number of carbonyl (C=O) groups excluding carboxylic acids is 1. The molecule has 3 unspecified atom stereocenters. The van der Waals surface area contributed by atoms with E-state index < -0.39 is 0 Å². The molecule has 1 heterocycles. The summed E-state index contributed by atoms with van der Waals surface area (Å²) in [6, 6.07) is 8.16. The number of hydrogen-bond donors (Lipinski definition) is 2. The molecule has 3 atom stereocenters. The number of ether oxygens (including phenoxy) is 1. The Labute approximate surface area is 126 Å². The van der Waals surface area contributed by atoms with Gasteiger partial charge in [-0.2, -0.15) is 0 Å². The summed E-state index contributed by atoms with van der Waals surface area (Å²) in [4.78, 5) is 12.5. The van der Waals surface area contributed by atoms with Crippen molar-refractivity contribution in [3.05, 3.63) is 29.8 Å². The number of nitrogens with two attached hydrogens (primary N) is 1. The molecule has 1 fully saturated rings. The van der Waals surface area contributed by atoms with Crippen LogP contribution >= 0.6 is 0 Å². The maximum Gasteiger partial charge on any atom is 0.227 e. The first-order valence-corrected chi connectivity index (χ1v) is 7.99. The average Bonchev–Trinajstić information content (AvgIpc) is 2.52. The molecule has 0 spiro atoms. The van der Waals surface area contributed by atoms with Crippen LogP contribution in [0.25, 0.3) is 0 Å². The van der Waals surface area contributed by atoms with Gasteiger partial charge in [-0.1, -0.05) is 24.6 Å². The van der Waals surface area contributed by atoms with Gasteiger partial charge in [-0.25, -0.2) is 0 Å². The van der Waals surface area contributed by atoms with Gasteiger partial charge in [0, 0.05) is 18.2 Å². The first kappa shape index (κ1) is 14.4. The van der Waals surface area contributed by atoms with E-state index in [1.54, 1.807) is 0 Å². The van der Waals surface area contributed by atoms with E-state index >= 15 is 0 Å². The Morgan fingerprint density at radius 3 is 3.00 bits per heavy atom.